The molecule has 2 N–H and O–H groups in total. The first-order chi connectivity index (χ1) is 9.02. The van der Waals surface area contributed by atoms with Crippen molar-refractivity contribution in [3.05, 3.63) is 29.8 Å². The Balaban J connectivity index is 2.51. The van der Waals surface area contributed by atoms with Crippen LogP contribution in [0.15, 0.2) is 24.3 Å². The van der Waals surface area contributed by atoms with Crippen LogP contribution >= 0.6 is 0 Å². The molecule has 104 valence electrons. The van der Waals surface area contributed by atoms with Gasteiger partial charge in [0.15, 0.2) is 0 Å². The van der Waals surface area contributed by atoms with Crippen LogP contribution in [0, 0.1) is 0 Å². The predicted molar refractivity (Wildman–Crippen MR) is 71.4 cm³/mol. The van der Waals surface area contributed by atoms with E-state index in [-0.39, 0.29) is 25.0 Å². The van der Waals surface area contributed by atoms with Crippen molar-refractivity contribution in [3.63, 3.8) is 0 Å². The Hall–Kier alpha value is -2.04. The van der Waals surface area contributed by atoms with Gasteiger partial charge in [-0.25, -0.2) is 0 Å². The van der Waals surface area contributed by atoms with Gasteiger partial charge in [-0.3, -0.25) is 9.59 Å². The van der Waals surface area contributed by atoms with Gasteiger partial charge in [-0.15, -0.1) is 0 Å². The third kappa shape index (κ3) is 5.42. The molecular weight excluding hydrogens is 246 g/mol. The van der Waals surface area contributed by atoms with Crippen LogP contribution in [0.1, 0.15) is 37.0 Å². The minimum atomic E-state index is -0.933. The third-order valence-electron chi connectivity index (χ3n) is 2.65. The number of hydrogen-bond donors (Lipinski definition) is 2. The Labute approximate surface area is 112 Å². The van der Waals surface area contributed by atoms with E-state index in [1.807, 2.05) is 13.8 Å². The normalized spacial score (nSPS) is 11.7. The minimum Gasteiger partial charge on any atom is -0.491 e. The fraction of sp³-hybridized carbons (Fsp3) is 0.429. The van der Waals surface area contributed by atoms with E-state index in [9.17, 15) is 9.59 Å². The summed E-state index contributed by atoms with van der Waals surface area (Å²) in [5.41, 5.74) is 0.488. The predicted octanol–water partition coefficient (Wildman–Crippen LogP) is 2.07. The highest BCUT2D eigenvalue weighted by Gasteiger charge is 2.07. The number of rotatable bonds is 7. The van der Waals surface area contributed by atoms with Crippen molar-refractivity contribution >= 4 is 11.9 Å². The number of carboxylic acids is 1. The van der Waals surface area contributed by atoms with E-state index >= 15 is 0 Å². The van der Waals surface area contributed by atoms with Crippen LogP contribution in [0.5, 0.6) is 5.75 Å². The number of aliphatic carboxylic acids is 1. The second-order valence-electron chi connectivity index (χ2n) is 4.26. The monoisotopic (exact) mass is 265 g/mol. The SMILES string of the molecule is CCC(C)Oc1ccc(C(=O)NCCC(=O)O)cc1. The highest BCUT2D eigenvalue weighted by molar-refractivity contribution is 5.94. The van der Waals surface area contributed by atoms with Gasteiger partial charge in [0.25, 0.3) is 5.91 Å². The van der Waals surface area contributed by atoms with E-state index in [1.165, 1.54) is 0 Å². The van der Waals surface area contributed by atoms with E-state index in [1.54, 1.807) is 24.3 Å². The lowest BCUT2D eigenvalue weighted by molar-refractivity contribution is -0.136. The highest BCUT2D eigenvalue weighted by Crippen LogP contribution is 2.14. The lowest BCUT2D eigenvalue weighted by Gasteiger charge is -2.12. The van der Waals surface area contributed by atoms with Gasteiger partial charge in [0, 0.05) is 12.1 Å². The van der Waals surface area contributed by atoms with Crippen LogP contribution in [0.3, 0.4) is 0 Å². The molecule has 0 aromatic heterocycles. The molecule has 0 radical (unpaired) electrons. The van der Waals surface area contributed by atoms with Crippen molar-refractivity contribution in [2.75, 3.05) is 6.54 Å². The Morgan fingerprint density at radius 3 is 2.47 bits per heavy atom. The topological polar surface area (TPSA) is 75.6 Å². The number of amides is 1. The molecule has 0 aliphatic carbocycles. The zero-order chi connectivity index (χ0) is 14.3. The second kappa shape index (κ2) is 7.41. The molecule has 0 saturated heterocycles. The first kappa shape index (κ1) is 15.0. The van der Waals surface area contributed by atoms with Crippen LogP contribution in [0.4, 0.5) is 0 Å². The zero-order valence-electron chi connectivity index (χ0n) is 11.2. The van der Waals surface area contributed by atoms with Gasteiger partial charge in [0.1, 0.15) is 5.75 Å². The number of nitrogens with one attached hydrogen (secondary N) is 1. The largest absolute Gasteiger partial charge is 0.491 e. The maximum atomic E-state index is 11.7. The quantitative estimate of drug-likeness (QED) is 0.791. The standard InChI is InChI=1S/C14H19NO4/c1-3-10(2)19-12-6-4-11(5-7-12)14(18)15-9-8-13(16)17/h4-7,10H,3,8-9H2,1-2H3,(H,15,18)(H,16,17). The fourth-order valence-corrected chi connectivity index (χ4v) is 1.39. The molecule has 5 heteroatoms. The molecule has 1 rings (SSSR count). The lowest BCUT2D eigenvalue weighted by Crippen LogP contribution is -2.25. The van der Waals surface area contributed by atoms with Crippen LogP contribution in [-0.2, 0) is 4.79 Å². The van der Waals surface area contributed by atoms with Gasteiger partial charge in [-0.1, -0.05) is 6.92 Å². The minimum absolute atomic E-state index is 0.0824. The highest BCUT2D eigenvalue weighted by atomic mass is 16.5. The number of carbonyl (C=O) groups excluding carboxylic acids is 1. The zero-order valence-corrected chi connectivity index (χ0v) is 11.2. The third-order valence-corrected chi connectivity index (χ3v) is 2.65. The van der Waals surface area contributed by atoms with E-state index in [0.717, 1.165) is 12.2 Å². The number of carbonyl (C=O) groups is 2. The smallest absolute Gasteiger partial charge is 0.305 e. The fourth-order valence-electron chi connectivity index (χ4n) is 1.39. The molecule has 1 unspecified atom stereocenters. The molecule has 0 bridgehead atoms. The van der Waals surface area contributed by atoms with Gasteiger partial charge in [-0.05, 0) is 37.6 Å². The molecule has 5 nitrogen and oxygen atoms in total. The summed E-state index contributed by atoms with van der Waals surface area (Å²) in [6.07, 6.45) is 0.966. The van der Waals surface area contributed by atoms with Crippen LogP contribution < -0.4 is 10.1 Å². The van der Waals surface area contributed by atoms with Crippen LogP contribution in [-0.4, -0.2) is 29.6 Å². The van der Waals surface area contributed by atoms with Gasteiger partial charge in [0.05, 0.1) is 12.5 Å². The molecule has 0 saturated carbocycles. The van der Waals surface area contributed by atoms with E-state index < -0.39 is 5.97 Å². The number of hydrogen-bond acceptors (Lipinski definition) is 3. The average Bonchev–Trinajstić information content (AvgIpc) is 2.38. The Morgan fingerprint density at radius 2 is 1.95 bits per heavy atom. The summed E-state index contributed by atoms with van der Waals surface area (Å²) >= 11 is 0. The number of ether oxygens (including phenoxy) is 1. The molecule has 0 aliphatic heterocycles. The molecule has 1 aromatic rings. The van der Waals surface area contributed by atoms with Crippen molar-refractivity contribution in [2.24, 2.45) is 0 Å². The van der Waals surface area contributed by atoms with E-state index in [2.05, 4.69) is 5.32 Å². The average molecular weight is 265 g/mol. The summed E-state index contributed by atoms with van der Waals surface area (Å²) in [5.74, 6) is -0.495. The molecule has 0 aliphatic rings. The van der Waals surface area contributed by atoms with Crippen LogP contribution in [0.25, 0.3) is 0 Å². The molecule has 0 heterocycles. The molecule has 0 spiro atoms. The van der Waals surface area contributed by atoms with Crippen molar-refractivity contribution in [1.82, 2.24) is 5.32 Å². The van der Waals surface area contributed by atoms with E-state index in [4.69, 9.17) is 9.84 Å². The van der Waals surface area contributed by atoms with Crippen molar-refractivity contribution < 1.29 is 19.4 Å². The molecule has 1 aromatic carbocycles. The van der Waals surface area contributed by atoms with Gasteiger partial charge >= 0.3 is 5.97 Å². The van der Waals surface area contributed by atoms with Crippen molar-refractivity contribution in [1.29, 1.82) is 0 Å². The van der Waals surface area contributed by atoms with Crippen molar-refractivity contribution in [3.8, 4) is 5.75 Å². The maximum absolute atomic E-state index is 11.7. The summed E-state index contributed by atoms with van der Waals surface area (Å²) in [6, 6.07) is 6.79. The maximum Gasteiger partial charge on any atom is 0.305 e. The van der Waals surface area contributed by atoms with Gasteiger partial charge in [-0.2, -0.15) is 0 Å². The molecule has 1 amide bonds. The Bertz CT molecular complexity index is 428. The summed E-state index contributed by atoms with van der Waals surface area (Å²) in [6.45, 7) is 4.14. The van der Waals surface area contributed by atoms with Gasteiger partial charge < -0.3 is 15.2 Å². The number of benzene rings is 1. The Morgan fingerprint density at radius 1 is 1.32 bits per heavy atom. The van der Waals surface area contributed by atoms with Crippen molar-refractivity contribution in [2.45, 2.75) is 32.8 Å². The molecular formula is C14H19NO4. The summed E-state index contributed by atoms with van der Waals surface area (Å²) < 4.78 is 5.60. The molecule has 19 heavy (non-hydrogen) atoms. The second-order valence-corrected chi connectivity index (χ2v) is 4.26. The first-order valence-electron chi connectivity index (χ1n) is 6.29. The molecule has 1 atom stereocenters. The summed E-state index contributed by atoms with van der Waals surface area (Å²) in [7, 11) is 0. The van der Waals surface area contributed by atoms with Crippen LogP contribution in [0.2, 0.25) is 0 Å². The lowest BCUT2D eigenvalue weighted by atomic mass is 10.2. The Kier molecular flexibility index (Phi) is 5.85. The molecule has 0 fully saturated rings. The summed E-state index contributed by atoms with van der Waals surface area (Å²) in [5, 5.41) is 11.0. The van der Waals surface area contributed by atoms with Gasteiger partial charge in [0.2, 0.25) is 0 Å². The summed E-state index contributed by atoms with van der Waals surface area (Å²) in [4.78, 5) is 22.0. The first-order valence-corrected chi connectivity index (χ1v) is 6.29. The number of carboxylic acid groups (broad SMARTS) is 1. The van der Waals surface area contributed by atoms with E-state index in [0.29, 0.717) is 5.56 Å².